The molecule has 0 fully saturated rings. The minimum atomic E-state index is -0.0335. The highest BCUT2D eigenvalue weighted by molar-refractivity contribution is 8.13. The summed E-state index contributed by atoms with van der Waals surface area (Å²) < 4.78 is 11.2. The molecular formula is C10H12N2O2S. The van der Waals surface area contributed by atoms with Gasteiger partial charge in [0.2, 0.25) is 0 Å². The Balaban J connectivity index is 1.96. The first-order valence-electron chi connectivity index (χ1n) is 4.61. The summed E-state index contributed by atoms with van der Waals surface area (Å²) in [6, 6.07) is 7.57. The van der Waals surface area contributed by atoms with Crippen molar-refractivity contribution in [1.29, 1.82) is 5.41 Å². The first-order valence-corrected chi connectivity index (χ1v) is 5.59. The lowest BCUT2D eigenvalue weighted by Gasteiger charge is -2.25. The maximum absolute atomic E-state index is 7.10. The van der Waals surface area contributed by atoms with Gasteiger partial charge in [0, 0.05) is 5.75 Å². The van der Waals surface area contributed by atoms with Gasteiger partial charge in [0.1, 0.15) is 12.7 Å². The zero-order chi connectivity index (χ0) is 10.7. The Morgan fingerprint density at radius 3 is 2.93 bits per heavy atom. The number of fused-ring (bicyclic) bond motifs is 1. The van der Waals surface area contributed by atoms with Crippen molar-refractivity contribution in [2.75, 3.05) is 12.4 Å². The molecule has 15 heavy (non-hydrogen) atoms. The van der Waals surface area contributed by atoms with Gasteiger partial charge < -0.3 is 15.2 Å². The Morgan fingerprint density at radius 1 is 1.47 bits per heavy atom. The molecule has 1 aliphatic heterocycles. The summed E-state index contributed by atoms with van der Waals surface area (Å²) in [6.07, 6.45) is -0.0335. The summed E-state index contributed by atoms with van der Waals surface area (Å²) in [6.45, 7) is 0.511. The van der Waals surface area contributed by atoms with Gasteiger partial charge in [-0.2, -0.15) is 0 Å². The first kappa shape index (κ1) is 10.2. The third kappa shape index (κ3) is 2.56. The lowest BCUT2D eigenvalue weighted by atomic mass is 10.3. The second-order valence-corrected chi connectivity index (χ2v) is 4.23. The molecule has 4 nitrogen and oxygen atoms in total. The summed E-state index contributed by atoms with van der Waals surface area (Å²) >= 11 is 1.27. The van der Waals surface area contributed by atoms with Crippen molar-refractivity contribution < 1.29 is 9.47 Å². The lowest BCUT2D eigenvalue weighted by molar-refractivity contribution is 0.107. The van der Waals surface area contributed by atoms with Crippen LogP contribution in [-0.4, -0.2) is 23.6 Å². The Labute approximate surface area is 92.3 Å². The van der Waals surface area contributed by atoms with Crippen molar-refractivity contribution in [3.05, 3.63) is 24.3 Å². The summed E-state index contributed by atoms with van der Waals surface area (Å²) in [4.78, 5) is 0. The third-order valence-corrected chi connectivity index (χ3v) is 2.84. The van der Waals surface area contributed by atoms with Crippen LogP contribution >= 0.6 is 11.8 Å². The standard InChI is InChI=1S/C10H12N2O2S/c11-10(12)15-6-7-5-13-8-3-1-2-4-9(8)14-7/h1-4,7H,5-6H2,(H3,11,12)/t7-/m0/s1. The lowest BCUT2D eigenvalue weighted by Crippen LogP contribution is -2.32. The molecule has 0 spiro atoms. The predicted octanol–water partition coefficient (Wildman–Crippen LogP) is 1.45. The van der Waals surface area contributed by atoms with E-state index in [1.54, 1.807) is 0 Å². The van der Waals surface area contributed by atoms with E-state index in [0.717, 1.165) is 11.5 Å². The van der Waals surface area contributed by atoms with Crippen LogP contribution < -0.4 is 15.2 Å². The first-order chi connectivity index (χ1) is 7.25. The average molecular weight is 224 g/mol. The highest BCUT2D eigenvalue weighted by Crippen LogP contribution is 2.31. The Bertz CT molecular complexity index is 370. The summed E-state index contributed by atoms with van der Waals surface area (Å²) in [5, 5.41) is 7.21. The number of hydrogen-bond donors (Lipinski definition) is 2. The van der Waals surface area contributed by atoms with Gasteiger partial charge in [-0.3, -0.25) is 5.41 Å². The van der Waals surface area contributed by atoms with E-state index in [-0.39, 0.29) is 11.3 Å². The number of para-hydroxylation sites is 2. The monoisotopic (exact) mass is 224 g/mol. The maximum atomic E-state index is 7.10. The fourth-order valence-electron chi connectivity index (χ4n) is 1.33. The molecule has 5 heteroatoms. The molecule has 0 aliphatic carbocycles. The van der Waals surface area contributed by atoms with Gasteiger partial charge in [0.05, 0.1) is 0 Å². The molecule has 1 heterocycles. The molecule has 0 saturated heterocycles. The molecule has 2 rings (SSSR count). The number of thioether (sulfide) groups is 1. The topological polar surface area (TPSA) is 68.3 Å². The normalized spacial score (nSPS) is 18.5. The molecule has 0 bridgehead atoms. The van der Waals surface area contributed by atoms with Crippen LogP contribution in [-0.2, 0) is 0 Å². The fourth-order valence-corrected chi connectivity index (χ4v) is 1.86. The smallest absolute Gasteiger partial charge is 0.161 e. The van der Waals surface area contributed by atoms with E-state index in [4.69, 9.17) is 20.6 Å². The molecule has 0 saturated carbocycles. The van der Waals surface area contributed by atoms with Crippen molar-refractivity contribution in [1.82, 2.24) is 0 Å². The Morgan fingerprint density at radius 2 is 2.20 bits per heavy atom. The largest absolute Gasteiger partial charge is 0.486 e. The van der Waals surface area contributed by atoms with Crippen LogP contribution in [0.15, 0.2) is 24.3 Å². The van der Waals surface area contributed by atoms with Crippen LogP contribution in [0.3, 0.4) is 0 Å². The van der Waals surface area contributed by atoms with Gasteiger partial charge in [-0.15, -0.1) is 0 Å². The Kier molecular flexibility index (Phi) is 3.01. The molecule has 80 valence electrons. The van der Waals surface area contributed by atoms with E-state index < -0.39 is 0 Å². The maximum Gasteiger partial charge on any atom is 0.161 e. The summed E-state index contributed by atoms with van der Waals surface area (Å²) in [7, 11) is 0. The Hall–Kier alpha value is -1.36. The van der Waals surface area contributed by atoms with Gasteiger partial charge in [0.25, 0.3) is 0 Å². The second kappa shape index (κ2) is 4.44. The van der Waals surface area contributed by atoms with E-state index in [9.17, 15) is 0 Å². The van der Waals surface area contributed by atoms with Crippen molar-refractivity contribution in [3.63, 3.8) is 0 Å². The molecule has 0 amide bonds. The zero-order valence-corrected chi connectivity index (χ0v) is 8.92. The molecule has 1 aromatic rings. The summed E-state index contributed by atoms with van der Waals surface area (Å²) in [5.74, 6) is 2.18. The van der Waals surface area contributed by atoms with E-state index in [0.29, 0.717) is 12.4 Å². The fraction of sp³-hybridized carbons (Fsp3) is 0.300. The number of amidine groups is 1. The van der Waals surface area contributed by atoms with Gasteiger partial charge in [0.15, 0.2) is 16.7 Å². The van der Waals surface area contributed by atoms with E-state index in [1.807, 2.05) is 24.3 Å². The second-order valence-electron chi connectivity index (χ2n) is 3.17. The molecule has 0 unspecified atom stereocenters. The number of ether oxygens (including phenoxy) is 2. The molecule has 1 atom stereocenters. The molecule has 1 aliphatic rings. The number of hydrogen-bond acceptors (Lipinski definition) is 4. The van der Waals surface area contributed by atoms with Crippen LogP contribution in [0.2, 0.25) is 0 Å². The molecule has 1 aromatic carbocycles. The van der Waals surface area contributed by atoms with Crippen LogP contribution in [0.1, 0.15) is 0 Å². The van der Waals surface area contributed by atoms with Crippen LogP contribution in [0.4, 0.5) is 0 Å². The van der Waals surface area contributed by atoms with Gasteiger partial charge in [-0.05, 0) is 12.1 Å². The van der Waals surface area contributed by atoms with E-state index in [1.165, 1.54) is 11.8 Å². The highest BCUT2D eigenvalue weighted by atomic mass is 32.2. The van der Waals surface area contributed by atoms with Crippen molar-refractivity contribution >= 4 is 16.9 Å². The van der Waals surface area contributed by atoms with Gasteiger partial charge in [-0.25, -0.2) is 0 Å². The number of rotatable bonds is 2. The minimum Gasteiger partial charge on any atom is -0.486 e. The molecule has 0 radical (unpaired) electrons. The molecular weight excluding hydrogens is 212 g/mol. The predicted molar refractivity (Wildman–Crippen MR) is 60.7 cm³/mol. The van der Waals surface area contributed by atoms with Gasteiger partial charge >= 0.3 is 0 Å². The third-order valence-electron chi connectivity index (χ3n) is 1.99. The minimum absolute atomic E-state index is 0.0335. The van der Waals surface area contributed by atoms with Crippen LogP contribution in [0.5, 0.6) is 11.5 Å². The van der Waals surface area contributed by atoms with E-state index >= 15 is 0 Å². The van der Waals surface area contributed by atoms with E-state index in [2.05, 4.69) is 0 Å². The number of nitrogens with one attached hydrogen (secondary N) is 1. The summed E-state index contributed by atoms with van der Waals surface area (Å²) in [5.41, 5.74) is 5.25. The SMILES string of the molecule is N=C(N)SC[C@@H]1COc2ccccc2O1. The van der Waals surface area contributed by atoms with Crippen molar-refractivity contribution in [2.24, 2.45) is 5.73 Å². The van der Waals surface area contributed by atoms with Crippen LogP contribution in [0.25, 0.3) is 0 Å². The molecule has 3 N–H and O–H groups in total. The van der Waals surface area contributed by atoms with Crippen LogP contribution in [0, 0.1) is 5.41 Å². The van der Waals surface area contributed by atoms with Gasteiger partial charge in [-0.1, -0.05) is 23.9 Å². The average Bonchev–Trinajstić information content (AvgIpc) is 2.26. The quantitative estimate of drug-likeness (QED) is 0.589. The van der Waals surface area contributed by atoms with Crippen molar-refractivity contribution in [2.45, 2.75) is 6.10 Å². The number of nitrogens with two attached hydrogens (primary N) is 1. The molecule has 0 aromatic heterocycles. The zero-order valence-electron chi connectivity index (χ0n) is 8.10. The highest BCUT2D eigenvalue weighted by Gasteiger charge is 2.20. The van der Waals surface area contributed by atoms with Crippen molar-refractivity contribution in [3.8, 4) is 11.5 Å². The number of benzene rings is 1.